The standard InChI is InChI=1S/C14H13Cl2NO/c15-11-6-4-10(5-7-11)9-18-14-3-1-2-13(16)12(14)8-17/h1-7H,8-9,17H2. The van der Waals surface area contributed by atoms with Crippen molar-refractivity contribution < 1.29 is 4.74 Å². The second-order valence-electron chi connectivity index (χ2n) is 3.84. The van der Waals surface area contributed by atoms with Crippen molar-refractivity contribution in [3.8, 4) is 5.75 Å². The van der Waals surface area contributed by atoms with Crippen LogP contribution in [0.5, 0.6) is 5.75 Å². The van der Waals surface area contributed by atoms with Crippen molar-refractivity contribution in [3.63, 3.8) is 0 Å². The second kappa shape index (κ2) is 6.10. The average Bonchev–Trinajstić information content (AvgIpc) is 2.38. The Labute approximate surface area is 116 Å². The number of nitrogens with two attached hydrogens (primary N) is 1. The van der Waals surface area contributed by atoms with Crippen LogP contribution >= 0.6 is 23.2 Å². The highest BCUT2D eigenvalue weighted by atomic mass is 35.5. The molecule has 0 amide bonds. The van der Waals surface area contributed by atoms with Crippen LogP contribution in [-0.4, -0.2) is 0 Å². The monoisotopic (exact) mass is 281 g/mol. The maximum absolute atomic E-state index is 6.05. The molecule has 0 radical (unpaired) electrons. The molecule has 0 atom stereocenters. The summed E-state index contributed by atoms with van der Waals surface area (Å²) in [6.07, 6.45) is 0. The van der Waals surface area contributed by atoms with Crippen molar-refractivity contribution in [1.82, 2.24) is 0 Å². The van der Waals surface area contributed by atoms with Crippen molar-refractivity contribution in [2.75, 3.05) is 0 Å². The van der Waals surface area contributed by atoms with Crippen molar-refractivity contribution in [3.05, 3.63) is 63.6 Å². The molecule has 2 N–H and O–H groups in total. The third kappa shape index (κ3) is 3.16. The van der Waals surface area contributed by atoms with E-state index in [1.165, 1.54) is 0 Å². The maximum atomic E-state index is 6.05. The van der Waals surface area contributed by atoms with E-state index in [9.17, 15) is 0 Å². The highest BCUT2D eigenvalue weighted by Gasteiger charge is 2.06. The van der Waals surface area contributed by atoms with Gasteiger partial charge in [0.1, 0.15) is 12.4 Å². The number of benzene rings is 2. The average molecular weight is 282 g/mol. The predicted octanol–water partition coefficient (Wildman–Crippen LogP) is 4.03. The zero-order valence-electron chi connectivity index (χ0n) is 9.70. The first kappa shape index (κ1) is 13.2. The molecule has 0 spiro atoms. The van der Waals surface area contributed by atoms with Gasteiger partial charge in [0, 0.05) is 22.2 Å². The SMILES string of the molecule is NCc1c(Cl)cccc1OCc1ccc(Cl)cc1. The van der Waals surface area contributed by atoms with Crippen LogP contribution in [0.4, 0.5) is 0 Å². The Morgan fingerprint density at radius 3 is 2.39 bits per heavy atom. The van der Waals surface area contributed by atoms with Crippen molar-refractivity contribution in [2.24, 2.45) is 5.73 Å². The van der Waals surface area contributed by atoms with E-state index in [0.29, 0.717) is 23.2 Å². The molecule has 0 aromatic heterocycles. The zero-order valence-corrected chi connectivity index (χ0v) is 11.2. The van der Waals surface area contributed by atoms with E-state index in [-0.39, 0.29) is 0 Å². The Hall–Kier alpha value is -1.22. The van der Waals surface area contributed by atoms with E-state index in [1.54, 1.807) is 6.07 Å². The Morgan fingerprint density at radius 2 is 1.72 bits per heavy atom. The molecule has 0 heterocycles. The van der Waals surface area contributed by atoms with Crippen molar-refractivity contribution in [2.45, 2.75) is 13.2 Å². The number of halogens is 2. The molecule has 0 aliphatic rings. The summed E-state index contributed by atoms with van der Waals surface area (Å²) in [4.78, 5) is 0. The van der Waals surface area contributed by atoms with Gasteiger partial charge >= 0.3 is 0 Å². The minimum atomic E-state index is 0.357. The highest BCUT2D eigenvalue weighted by molar-refractivity contribution is 6.31. The Balaban J connectivity index is 2.10. The van der Waals surface area contributed by atoms with E-state index in [0.717, 1.165) is 16.9 Å². The minimum absolute atomic E-state index is 0.357. The van der Waals surface area contributed by atoms with Gasteiger partial charge in [-0.05, 0) is 29.8 Å². The van der Waals surface area contributed by atoms with E-state index >= 15 is 0 Å². The maximum Gasteiger partial charge on any atom is 0.125 e. The first-order valence-electron chi connectivity index (χ1n) is 5.55. The normalized spacial score (nSPS) is 10.4. The number of hydrogen-bond donors (Lipinski definition) is 1. The number of rotatable bonds is 4. The van der Waals surface area contributed by atoms with Gasteiger partial charge in [0.2, 0.25) is 0 Å². The molecule has 2 aromatic carbocycles. The molecule has 94 valence electrons. The van der Waals surface area contributed by atoms with Crippen LogP contribution in [0.2, 0.25) is 10.0 Å². The lowest BCUT2D eigenvalue weighted by molar-refractivity contribution is 0.303. The van der Waals surface area contributed by atoms with Gasteiger partial charge in [0.15, 0.2) is 0 Å². The molecule has 0 saturated carbocycles. The lowest BCUT2D eigenvalue weighted by Gasteiger charge is -2.11. The fourth-order valence-electron chi connectivity index (χ4n) is 1.61. The summed E-state index contributed by atoms with van der Waals surface area (Å²) in [5, 5.41) is 1.34. The Kier molecular flexibility index (Phi) is 4.48. The van der Waals surface area contributed by atoms with E-state index in [4.69, 9.17) is 33.7 Å². The molecule has 4 heteroatoms. The van der Waals surface area contributed by atoms with Crippen LogP contribution in [0.1, 0.15) is 11.1 Å². The number of ether oxygens (including phenoxy) is 1. The molecule has 2 nitrogen and oxygen atoms in total. The third-order valence-corrected chi connectivity index (χ3v) is 3.19. The van der Waals surface area contributed by atoms with Gasteiger partial charge in [-0.15, -0.1) is 0 Å². The van der Waals surface area contributed by atoms with Crippen LogP contribution < -0.4 is 10.5 Å². The topological polar surface area (TPSA) is 35.2 Å². The van der Waals surface area contributed by atoms with Gasteiger partial charge in [-0.2, -0.15) is 0 Å². The summed E-state index contributed by atoms with van der Waals surface area (Å²) < 4.78 is 5.73. The van der Waals surface area contributed by atoms with Gasteiger partial charge in [0.05, 0.1) is 0 Å². The van der Waals surface area contributed by atoms with Crippen LogP contribution in [0.15, 0.2) is 42.5 Å². The molecule has 0 aliphatic carbocycles. The van der Waals surface area contributed by atoms with Gasteiger partial charge in [-0.25, -0.2) is 0 Å². The van der Waals surface area contributed by atoms with E-state index < -0.39 is 0 Å². The summed E-state index contributed by atoms with van der Waals surface area (Å²) in [5.74, 6) is 0.722. The first-order chi connectivity index (χ1) is 8.70. The molecule has 0 bridgehead atoms. The molecular formula is C14H13Cl2NO. The van der Waals surface area contributed by atoms with Gasteiger partial charge in [0.25, 0.3) is 0 Å². The largest absolute Gasteiger partial charge is 0.489 e. The van der Waals surface area contributed by atoms with Gasteiger partial charge < -0.3 is 10.5 Å². The van der Waals surface area contributed by atoms with E-state index in [2.05, 4.69) is 0 Å². The molecular weight excluding hydrogens is 269 g/mol. The summed E-state index contributed by atoms with van der Waals surface area (Å²) in [6.45, 7) is 0.820. The molecule has 2 rings (SSSR count). The first-order valence-corrected chi connectivity index (χ1v) is 6.31. The molecule has 0 aliphatic heterocycles. The van der Waals surface area contributed by atoms with Crippen LogP contribution in [0.25, 0.3) is 0 Å². The van der Waals surface area contributed by atoms with Crippen molar-refractivity contribution >= 4 is 23.2 Å². The Bertz CT molecular complexity index is 526. The lowest BCUT2D eigenvalue weighted by Crippen LogP contribution is -2.03. The lowest BCUT2D eigenvalue weighted by atomic mass is 10.2. The molecule has 2 aromatic rings. The quantitative estimate of drug-likeness (QED) is 0.918. The molecule has 0 saturated heterocycles. The number of hydrogen-bond acceptors (Lipinski definition) is 2. The summed E-state index contributed by atoms with van der Waals surface area (Å²) in [6, 6.07) is 13.0. The smallest absolute Gasteiger partial charge is 0.125 e. The van der Waals surface area contributed by atoms with Crippen LogP contribution in [0.3, 0.4) is 0 Å². The van der Waals surface area contributed by atoms with Gasteiger partial charge in [-0.3, -0.25) is 0 Å². The van der Waals surface area contributed by atoms with Crippen molar-refractivity contribution in [1.29, 1.82) is 0 Å². The zero-order chi connectivity index (χ0) is 13.0. The summed E-state index contributed by atoms with van der Waals surface area (Å²) >= 11 is 11.9. The third-order valence-electron chi connectivity index (χ3n) is 2.59. The van der Waals surface area contributed by atoms with Crippen LogP contribution in [0, 0.1) is 0 Å². The molecule has 0 fully saturated rings. The van der Waals surface area contributed by atoms with Gasteiger partial charge in [-0.1, -0.05) is 41.4 Å². The summed E-state index contributed by atoms with van der Waals surface area (Å²) in [7, 11) is 0. The Morgan fingerprint density at radius 1 is 1.00 bits per heavy atom. The van der Waals surface area contributed by atoms with E-state index in [1.807, 2.05) is 36.4 Å². The predicted molar refractivity (Wildman–Crippen MR) is 75.1 cm³/mol. The van der Waals surface area contributed by atoms with Crippen LogP contribution in [-0.2, 0) is 13.2 Å². The second-order valence-corrected chi connectivity index (χ2v) is 4.68. The molecule has 18 heavy (non-hydrogen) atoms. The minimum Gasteiger partial charge on any atom is -0.489 e. The molecule has 0 unspecified atom stereocenters. The fourth-order valence-corrected chi connectivity index (χ4v) is 1.98. The summed E-state index contributed by atoms with van der Waals surface area (Å²) in [5.41, 5.74) is 7.53. The fraction of sp³-hybridized carbons (Fsp3) is 0.143. The highest BCUT2D eigenvalue weighted by Crippen LogP contribution is 2.26.